The van der Waals surface area contributed by atoms with Crippen molar-refractivity contribution in [2.45, 2.75) is 0 Å². The topological polar surface area (TPSA) is 49.8 Å². The lowest BCUT2D eigenvalue weighted by atomic mass is 10.3. The largest absolute Gasteiger partial charge is 0.357 e. The van der Waals surface area contributed by atoms with Crippen LogP contribution < -0.4 is 10.6 Å². The van der Waals surface area contributed by atoms with E-state index in [0.717, 1.165) is 4.47 Å². The highest BCUT2D eigenvalue weighted by atomic mass is 79.9. The summed E-state index contributed by atoms with van der Waals surface area (Å²) in [5, 5.41) is 6.91. The molecule has 0 fully saturated rings. The zero-order valence-electron chi connectivity index (χ0n) is 9.34. The van der Waals surface area contributed by atoms with Crippen LogP contribution in [-0.4, -0.2) is 17.0 Å². The monoisotopic (exact) mass is 346 g/mol. The summed E-state index contributed by atoms with van der Waals surface area (Å²) in [6.07, 6.45) is 1.65. The smallest absolute Gasteiger partial charge is 0.224 e. The summed E-state index contributed by atoms with van der Waals surface area (Å²) in [5.74, 6) is 1.12. The van der Waals surface area contributed by atoms with E-state index in [1.54, 1.807) is 19.3 Å². The number of nitrogens with zero attached hydrogens (tertiary/aromatic N) is 2. The highest BCUT2D eigenvalue weighted by Gasteiger charge is 2.08. The average molecular weight is 348 g/mol. The molecular formula is C11H9BrCl2N4. The summed E-state index contributed by atoms with van der Waals surface area (Å²) in [4.78, 5) is 8.35. The first-order valence-electron chi connectivity index (χ1n) is 5.03. The van der Waals surface area contributed by atoms with Crippen LogP contribution in [0, 0.1) is 0 Å². The lowest BCUT2D eigenvalue weighted by molar-refractivity contribution is 1.14. The zero-order chi connectivity index (χ0) is 13.1. The fourth-order valence-electron chi connectivity index (χ4n) is 1.30. The standard InChI is InChI=1S/C11H9BrCl2N4/c1-15-11-16-5-6(12)10(18-11)17-8-4-2-3-7(13)9(8)14/h2-5H,1H3,(H2,15,16,17,18). The van der Waals surface area contributed by atoms with Crippen LogP contribution in [0.25, 0.3) is 0 Å². The molecule has 0 atom stereocenters. The van der Waals surface area contributed by atoms with Crippen molar-refractivity contribution in [3.8, 4) is 0 Å². The maximum absolute atomic E-state index is 6.10. The Hall–Kier alpha value is -1.04. The molecule has 0 saturated carbocycles. The third-order valence-corrected chi connectivity index (χ3v) is 3.57. The number of benzene rings is 1. The van der Waals surface area contributed by atoms with E-state index in [1.165, 1.54) is 0 Å². The van der Waals surface area contributed by atoms with Gasteiger partial charge in [-0.15, -0.1) is 0 Å². The van der Waals surface area contributed by atoms with E-state index in [4.69, 9.17) is 23.2 Å². The number of halogens is 3. The van der Waals surface area contributed by atoms with Crippen molar-refractivity contribution in [3.63, 3.8) is 0 Å². The molecule has 0 aliphatic carbocycles. The van der Waals surface area contributed by atoms with Crippen LogP contribution >= 0.6 is 39.1 Å². The van der Waals surface area contributed by atoms with Crippen LogP contribution in [0.2, 0.25) is 10.0 Å². The molecule has 18 heavy (non-hydrogen) atoms. The fraction of sp³-hybridized carbons (Fsp3) is 0.0909. The summed E-state index contributed by atoms with van der Waals surface area (Å²) in [7, 11) is 1.75. The summed E-state index contributed by atoms with van der Waals surface area (Å²) in [5.41, 5.74) is 0.686. The van der Waals surface area contributed by atoms with E-state index < -0.39 is 0 Å². The molecule has 0 aliphatic rings. The fourth-order valence-corrected chi connectivity index (χ4v) is 1.94. The second-order valence-corrected chi connectivity index (χ2v) is 5.01. The maximum atomic E-state index is 6.10. The van der Waals surface area contributed by atoms with E-state index >= 15 is 0 Å². The number of anilines is 3. The number of hydrogen-bond donors (Lipinski definition) is 2. The van der Waals surface area contributed by atoms with Crippen molar-refractivity contribution < 1.29 is 0 Å². The van der Waals surface area contributed by atoms with Gasteiger partial charge in [0.1, 0.15) is 5.82 Å². The van der Waals surface area contributed by atoms with Gasteiger partial charge in [-0.25, -0.2) is 4.98 Å². The maximum Gasteiger partial charge on any atom is 0.224 e. The Balaban J connectivity index is 2.36. The van der Waals surface area contributed by atoms with Gasteiger partial charge in [-0.3, -0.25) is 0 Å². The highest BCUT2D eigenvalue weighted by Crippen LogP contribution is 2.33. The van der Waals surface area contributed by atoms with Gasteiger partial charge in [0.2, 0.25) is 5.95 Å². The molecule has 7 heteroatoms. The molecule has 0 aliphatic heterocycles. The quantitative estimate of drug-likeness (QED) is 0.867. The van der Waals surface area contributed by atoms with Crippen LogP contribution in [0.4, 0.5) is 17.5 Å². The first-order chi connectivity index (χ1) is 8.61. The Morgan fingerprint density at radius 1 is 1.28 bits per heavy atom. The molecular weight excluding hydrogens is 339 g/mol. The molecule has 2 N–H and O–H groups in total. The van der Waals surface area contributed by atoms with Crippen molar-refractivity contribution >= 4 is 56.6 Å². The van der Waals surface area contributed by atoms with Gasteiger partial charge in [-0.05, 0) is 28.1 Å². The highest BCUT2D eigenvalue weighted by molar-refractivity contribution is 9.10. The molecule has 1 aromatic carbocycles. The van der Waals surface area contributed by atoms with Gasteiger partial charge in [0.05, 0.1) is 20.2 Å². The van der Waals surface area contributed by atoms with E-state index in [1.807, 2.05) is 12.1 Å². The molecule has 4 nitrogen and oxygen atoms in total. The van der Waals surface area contributed by atoms with Crippen molar-refractivity contribution in [2.75, 3.05) is 17.7 Å². The first-order valence-corrected chi connectivity index (χ1v) is 6.58. The van der Waals surface area contributed by atoms with Gasteiger partial charge < -0.3 is 10.6 Å². The van der Waals surface area contributed by atoms with Crippen LogP contribution in [0.5, 0.6) is 0 Å². The van der Waals surface area contributed by atoms with Crippen molar-refractivity contribution in [1.82, 2.24) is 9.97 Å². The van der Waals surface area contributed by atoms with E-state index in [-0.39, 0.29) is 0 Å². The lowest BCUT2D eigenvalue weighted by Crippen LogP contribution is -2.01. The van der Waals surface area contributed by atoms with E-state index in [9.17, 15) is 0 Å². The third kappa shape index (κ3) is 2.85. The Kier molecular flexibility index (Phi) is 4.27. The average Bonchev–Trinajstić information content (AvgIpc) is 2.37. The van der Waals surface area contributed by atoms with E-state index in [2.05, 4.69) is 36.5 Å². The molecule has 0 unspecified atom stereocenters. The Morgan fingerprint density at radius 2 is 2.06 bits per heavy atom. The zero-order valence-corrected chi connectivity index (χ0v) is 12.4. The molecule has 0 radical (unpaired) electrons. The number of rotatable bonds is 3. The second kappa shape index (κ2) is 5.73. The van der Waals surface area contributed by atoms with Crippen molar-refractivity contribution in [2.24, 2.45) is 0 Å². The molecule has 0 saturated heterocycles. The predicted molar refractivity (Wildman–Crippen MR) is 79.0 cm³/mol. The molecule has 2 aromatic rings. The summed E-state index contributed by atoms with van der Waals surface area (Å²) in [6, 6.07) is 5.36. The van der Waals surface area contributed by atoms with Crippen LogP contribution in [0.15, 0.2) is 28.9 Å². The summed E-state index contributed by atoms with van der Waals surface area (Å²) >= 11 is 15.4. The minimum Gasteiger partial charge on any atom is -0.357 e. The Bertz CT molecular complexity index is 577. The Labute approximate surface area is 123 Å². The van der Waals surface area contributed by atoms with Crippen LogP contribution in [0.1, 0.15) is 0 Å². The normalized spacial score (nSPS) is 10.2. The molecule has 1 heterocycles. The molecule has 1 aromatic heterocycles. The van der Waals surface area contributed by atoms with Gasteiger partial charge in [0, 0.05) is 13.2 Å². The minimum atomic E-state index is 0.454. The molecule has 0 spiro atoms. The molecule has 94 valence electrons. The van der Waals surface area contributed by atoms with E-state index in [0.29, 0.717) is 27.5 Å². The Morgan fingerprint density at radius 3 is 2.78 bits per heavy atom. The van der Waals surface area contributed by atoms with Gasteiger partial charge >= 0.3 is 0 Å². The first kappa shape index (κ1) is 13.4. The van der Waals surface area contributed by atoms with Gasteiger partial charge in [-0.1, -0.05) is 29.3 Å². The van der Waals surface area contributed by atoms with Crippen LogP contribution in [0.3, 0.4) is 0 Å². The van der Waals surface area contributed by atoms with Crippen molar-refractivity contribution in [3.05, 3.63) is 38.9 Å². The van der Waals surface area contributed by atoms with Crippen LogP contribution in [-0.2, 0) is 0 Å². The lowest BCUT2D eigenvalue weighted by Gasteiger charge is -2.10. The SMILES string of the molecule is CNc1ncc(Br)c(Nc2cccc(Cl)c2Cl)n1. The third-order valence-electron chi connectivity index (χ3n) is 2.17. The minimum absolute atomic E-state index is 0.454. The van der Waals surface area contributed by atoms with Gasteiger partial charge in [0.25, 0.3) is 0 Å². The summed E-state index contributed by atoms with van der Waals surface area (Å²) < 4.78 is 0.734. The predicted octanol–water partition coefficient (Wildman–Crippen LogP) is 4.33. The van der Waals surface area contributed by atoms with Gasteiger partial charge in [-0.2, -0.15) is 4.98 Å². The number of nitrogens with one attached hydrogen (secondary N) is 2. The molecule has 0 bridgehead atoms. The number of hydrogen-bond acceptors (Lipinski definition) is 4. The molecule has 0 amide bonds. The van der Waals surface area contributed by atoms with Crippen molar-refractivity contribution in [1.29, 1.82) is 0 Å². The van der Waals surface area contributed by atoms with Gasteiger partial charge in [0.15, 0.2) is 0 Å². The second-order valence-electron chi connectivity index (χ2n) is 3.37. The summed E-state index contributed by atoms with van der Waals surface area (Å²) in [6.45, 7) is 0. The molecule has 2 rings (SSSR count). The number of aromatic nitrogens is 2.